The molecular weight excluding hydrogens is 467 g/mol. The Hall–Kier alpha value is -1.12. The van der Waals surface area contributed by atoms with E-state index in [4.69, 9.17) is 4.99 Å². The minimum Gasteiger partial charge on any atom is -0.357 e. The van der Waals surface area contributed by atoms with Gasteiger partial charge in [0.2, 0.25) is 11.8 Å². The largest absolute Gasteiger partial charge is 0.357 e. The number of aliphatic imine (C=N–C) groups is 1. The number of amides is 2. The van der Waals surface area contributed by atoms with Crippen LogP contribution in [0.5, 0.6) is 0 Å². The highest BCUT2D eigenvalue weighted by molar-refractivity contribution is 14.0. The Morgan fingerprint density at radius 2 is 1.75 bits per heavy atom. The zero-order valence-electron chi connectivity index (χ0n) is 16.9. The van der Waals surface area contributed by atoms with Crippen molar-refractivity contribution in [3.63, 3.8) is 0 Å². The van der Waals surface area contributed by atoms with Crippen LogP contribution >= 0.6 is 24.0 Å². The quantitative estimate of drug-likeness (QED) is 0.193. The molecule has 0 aromatic carbocycles. The number of nitrogens with zero attached hydrogens (tertiary/aromatic N) is 2. The van der Waals surface area contributed by atoms with Crippen molar-refractivity contribution in [1.82, 2.24) is 15.5 Å². The summed E-state index contributed by atoms with van der Waals surface area (Å²) in [6, 6.07) is 0. The summed E-state index contributed by atoms with van der Waals surface area (Å²) in [5, 5.41) is 6.59. The summed E-state index contributed by atoms with van der Waals surface area (Å²) in [6.07, 6.45) is 10.3. The Morgan fingerprint density at radius 1 is 1.14 bits per heavy atom. The number of hydrogen-bond donors (Lipinski definition) is 2. The number of likely N-dealkylation sites (tertiary alicyclic amines) is 1. The molecule has 1 heterocycles. The summed E-state index contributed by atoms with van der Waals surface area (Å²) in [4.78, 5) is 31.7. The van der Waals surface area contributed by atoms with E-state index in [0.717, 1.165) is 25.5 Å². The van der Waals surface area contributed by atoms with E-state index >= 15 is 0 Å². The second-order valence-electron chi connectivity index (χ2n) is 8.97. The third-order valence-electron chi connectivity index (χ3n) is 6.96. The first-order chi connectivity index (χ1) is 13.0. The van der Waals surface area contributed by atoms with Gasteiger partial charge in [0.05, 0.1) is 11.8 Å². The molecule has 6 nitrogen and oxygen atoms in total. The zero-order chi connectivity index (χ0) is 19.0. The van der Waals surface area contributed by atoms with Crippen LogP contribution in [-0.2, 0) is 9.59 Å². The van der Waals surface area contributed by atoms with Crippen molar-refractivity contribution in [3.05, 3.63) is 12.2 Å². The summed E-state index contributed by atoms with van der Waals surface area (Å²) in [5.41, 5.74) is 0.312. The summed E-state index contributed by atoms with van der Waals surface area (Å²) in [7, 11) is 0. The fourth-order valence-electron chi connectivity index (χ4n) is 5.47. The van der Waals surface area contributed by atoms with Crippen molar-refractivity contribution < 1.29 is 9.59 Å². The van der Waals surface area contributed by atoms with Gasteiger partial charge in [-0.3, -0.25) is 19.5 Å². The molecule has 1 saturated heterocycles. The van der Waals surface area contributed by atoms with E-state index in [-0.39, 0.29) is 59.5 Å². The molecule has 1 aliphatic heterocycles. The van der Waals surface area contributed by atoms with Gasteiger partial charge >= 0.3 is 0 Å². The number of halogens is 1. The van der Waals surface area contributed by atoms with E-state index in [2.05, 4.69) is 29.7 Å². The molecule has 4 rings (SSSR count). The molecule has 3 aliphatic carbocycles. The normalized spacial score (nSPS) is 32.6. The van der Waals surface area contributed by atoms with Crippen LogP contribution in [0.4, 0.5) is 0 Å². The van der Waals surface area contributed by atoms with E-state index in [0.29, 0.717) is 18.5 Å². The van der Waals surface area contributed by atoms with Gasteiger partial charge in [0, 0.05) is 26.2 Å². The molecule has 7 heteroatoms. The van der Waals surface area contributed by atoms with Crippen molar-refractivity contribution >= 4 is 41.8 Å². The van der Waals surface area contributed by atoms with Gasteiger partial charge in [0.25, 0.3) is 0 Å². The third kappa shape index (κ3) is 3.96. The highest BCUT2D eigenvalue weighted by Crippen LogP contribution is 2.52. The van der Waals surface area contributed by atoms with E-state index in [1.54, 1.807) is 0 Å². The molecule has 2 amide bonds. The SMILES string of the molecule is CCNC(=NCC1(C)CCCC1)NCCN1C(=O)C2C3C=CC(C3)C2C1=O.I. The molecular formula is C21H33IN4O2. The second-order valence-corrected chi connectivity index (χ2v) is 8.97. The number of carbonyl (C=O) groups excluding carboxylic acids is 2. The van der Waals surface area contributed by atoms with Gasteiger partial charge in [0.15, 0.2) is 5.96 Å². The Bertz CT molecular complexity index is 641. The monoisotopic (exact) mass is 500 g/mol. The van der Waals surface area contributed by atoms with Crippen molar-refractivity contribution in [1.29, 1.82) is 0 Å². The number of fused-ring (bicyclic) bond motifs is 5. The molecule has 4 atom stereocenters. The summed E-state index contributed by atoms with van der Waals surface area (Å²) in [5.74, 6) is 1.20. The highest BCUT2D eigenvalue weighted by Gasteiger charge is 2.58. The van der Waals surface area contributed by atoms with Gasteiger partial charge in [-0.2, -0.15) is 0 Å². The van der Waals surface area contributed by atoms with Crippen molar-refractivity contribution in [2.45, 2.75) is 46.0 Å². The van der Waals surface area contributed by atoms with Crippen LogP contribution in [0, 0.1) is 29.1 Å². The van der Waals surface area contributed by atoms with Gasteiger partial charge in [-0.15, -0.1) is 24.0 Å². The van der Waals surface area contributed by atoms with Gasteiger partial charge in [-0.1, -0.05) is 31.9 Å². The van der Waals surface area contributed by atoms with Crippen LogP contribution in [0.2, 0.25) is 0 Å². The van der Waals surface area contributed by atoms with Crippen LogP contribution < -0.4 is 10.6 Å². The predicted molar refractivity (Wildman–Crippen MR) is 120 cm³/mol. The number of carbonyl (C=O) groups is 2. The Kier molecular flexibility index (Phi) is 6.72. The van der Waals surface area contributed by atoms with E-state index in [1.807, 2.05) is 6.92 Å². The maximum Gasteiger partial charge on any atom is 0.233 e. The summed E-state index contributed by atoms with van der Waals surface area (Å²) in [6.45, 7) is 6.95. The molecule has 4 aliphatic rings. The maximum atomic E-state index is 12.7. The minimum absolute atomic E-state index is 0. The average Bonchev–Trinajstić information content (AvgIpc) is 3.41. The smallest absolute Gasteiger partial charge is 0.233 e. The number of imide groups is 1. The molecule has 2 bridgehead atoms. The lowest BCUT2D eigenvalue weighted by molar-refractivity contribution is -0.140. The second kappa shape index (κ2) is 8.71. The third-order valence-corrected chi connectivity index (χ3v) is 6.96. The number of allylic oxidation sites excluding steroid dienone is 2. The summed E-state index contributed by atoms with van der Waals surface area (Å²) >= 11 is 0. The van der Waals surface area contributed by atoms with Gasteiger partial charge in [-0.05, 0) is 43.4 Å². The number of nitrogens with one attached hydrogen (secondary N) is 2. The molecule has 4 unspecified atom stereocenters. The summed E-state index contributed by atoms with van der Waals surface area (Å²) < 4.78 is 0. The maximum absolute atomic E-state index is 12.7. The molecule has 2 N–H and O–H groups in total. The minimum atomic E-state index is -0.100. The van der Waals surface area contributed by atoms with Crippen molar-refractivity contribution in [2.75, 3.05) is 26.2 Å². The number of hydrogen-bond acceptors (Lipinski definition) is 3. The van der Waals surface area contributed by atoms with E-state index < -0.39 is 0 Å². The average molecular weight is 500 g/mol. The Balaban J connectivity index is 0.00000225. The van der Waals surface area contributed by atoms with Gasteiger partial charge in [0.1, 0.15) is 0 Å². The van der Waals surface area contributed by atoms with Gasteiger partial charge < -0.3 is 10.6 Å². The fourth-order valence-corrected chi connectivity index (χ4v) is 5.47. The lowest BCUT2D eigenvalue weighted by atomic mass is 9.85. The molecule has 0 aromatic rings. The van der Waals surface area contributed by atoms with Crippen LogP contribution in [0.3, 0.4) is 0 Å². The Morgan fingerprint density at radius 3 is 2.32 bits per heavy atom. The highest BCUT2D eigenvalue weighted by atomic mass is 127. The molecule has 3 fully saturated rings. The van der Waals surface area contributed by atoms with Crippen LogP contribution in [0.15, 0.2) is 17.1 Å². The molecule has 0 aromatic heterocycles. The molecule has 0 spiro atoms. The first-order valence-corrected chi connectivity index (χ1v) is 10.6. The van der Waals surface area contributed by atoms with E-state index in [9.17, 15) is 9.59 Å². The van der Waals surface area contributed by atoms with Gasteiger partial charge in [-0.25, -0.2) is 0 Å². The molecule has 2 saturated carbocycles. The van der Waals surface area contributed by atoms with Crippen molar-refractivity contribution in [2.24, 2.45) is 34.1 Å². The first-order valence-electron chi connectivity index (χ1n) is 10.6. The fraction of sp³-hybridized carbons (Fsp3) is 0.762. The number of guanidine groups is 1. The zero-order valence-corrected chi connectivity index (χ0v) is 19.3. The lowest BCUT2D eigenvalue weighted by Gasteiger charge is -2.22. The van der Waals surface area contributed by atoms with Crippen LogP contribution in [-0.4, -0.2) is 48.9 Å². The predicted octanol–water partition coefficient (Wildman–Crippen LogP) is 2.55. The topological polar surface area (TPSA) is 73.8 Å². The molecule has 156 valence electrons. The number of rotatable bonds is 6. The standard InChI is InChI=1S/C21H32N4O2.HI/c1-3-22-20(24-13-21(2)8-4-5-9-21)23-10-11-25-18(26)16-14-6-7-15(12-14)17(16)19(25)27;/h6-7,14-17H,3-5,8-13H2,1-2H3,(H2,22,23,24);1H. The first kappa shape index (κ1) is 21.6. The molecule has 28 heavy (non-hydrogen) atoms. The lowest BCUT2D eigenvalue weighted by Crippen LogP contribution is -2.44. The van der Waals surface area contributed by atoms with Crippen molar-refractivity contribution in [3.8, 4) is 0 Å². The van der Waals surface area contributed by atoms with Crippen LogP contribution in [0.1, 0.15) is 46.0 Å². The Labute approximate surface area is 185 Å². The van der Waals surface area contributed by atoms with Crippen LogP contribution in [0.25, 0.3) is 0 Å². The van der Waals surface area contributed by atoms with E-state index in [1.165, 1.54) is 30.6 Å². The molecule has 0 radical (unpaired) electrons.